The molecule has 1 aromatic carbocycles. The van der Waals surface area contributed by atoms with Crippen molar-refractivity contribution in [1.29, 1.82) is 0 Å². The zero-order valence-corrected chi connectivity index (χ0v) is 11.4. The average molecular weight is 254 g/mol. The molecule has 1 unspecified atom stereocenters. The van der Waals surface area contributed by atoms with Gasteiger partial charge in [-0.25, -0.2) is 4.39 Å². The van der Waals surface area contributed by atoms with Crippen molar-refractivity contribution in [2.75, 3.05) is 24.5 Å². The largest absolute Gasteiger partial charge is 0.390 e. The van der Waals surface area contributed by atoms with Crippen LogP contribution in [0, 0.1) is 5.82 Å². The van der Waals surface area contributed by atoms with Crippen LogP contribution in [0.25, 0.3) is 0 Å². The lowest BCUT2D eigenvalue weighted by atomic mass is 10.2. The van der Waals surface area contributed by atoms with E-state index in [1.807, 2.05) is 31.7 Å². The van der Waals surface area contributed by atoms with Gasteiger partial charge in [-0.3, -0.25) is 0 Å². The number of likely N-dealkylation sites (N-methyl/N-ethyl adjacent to an activating group) is 1. The van der Waals surface area contributed by atoms with Crippen molar-refractivity contribution < 1.29 is 9.50 Å². The molecule has 18 heavy (non-hydrogen) atoms. The molecule has 0 saturated heterocycles. The van der Waals surface area contributed by atoms with Crippen molar-refractivity contribution in [2.45, 2.75) is 32.9 Å². The zero-order valence-electron chi connectivity index (χ0n) is 11.4. The van der Waals surface area contributed by atoms with E-state index in [9.17, 15) is 9.50 Å². The van der Waals surface area contributed by atoms with Crippen molar-refractivity contribution >= 4 is 5.69 Å². The molecule has 0 aliphatic rings. The summed E-state index contributed by atoms with van der Waals surface area (Å²) in [5.41, 5.74) is 0.807. The van der Waals surface area contributed by atoms with E-state index in [-0.39, 0.29) is 5.82 Å². The Bertz CT molecular complexity index is 357. The molecular formula is C14H23FN2O. The highest BCUT2D eigenvalue weighted by molar-refractivity contribution is 5.46. The number of rotatable bonds is 7. The van der Waals surface area contributed by atoms with Crippen LogP contribution in [0.4, 0.5) is 10.1 Å². The molecule has 0 spiro atoms. The van der Waals surface area contributed by atoms with Crippen LogP contribution in [0.15, 0.2) is 24.3 Å². The van der Waals surface area contributed by atoms with Crippen molar-refractivity contribution in [3.05, 3.63) is 30.1 Å². The van der Waals surface area contributed by atoms with Crippen LogP contribution in [0.3, 0.4) is 0 Å². The topological polar surface area (TPSA) is 35.5 Å². The van der Waals surface area contributed by atoms with E-state index >= 15 is 0 Å². The van der Waals surface area contributed by atoms with Gasteiger partial charge in [0, 0.05) is 31.4 Å². The van der Waals surface area contributed by atoms with Crippen LogP contribution in [-0.2, 0) is 0 Å². The summed E-state index contributed by atoms with van der Waals surface area (Å²) in [6.45, 7) is 7.85. The highest BCUT2D eigenvalue weighted by atomic mass is 19.1. The van der Waals surface area contributed by atoms with E-state index in [4.69, 9.17) is 0 Å². The fraction of sp³-hybridized carbons (Fsp3) is 0.571. The molecular weight excluding hydrogens is 231 g/mol. The number of benzene rings is 1. The molecule has 2 N–H and O–H groups in total. The highest BCUT2D eigenvalue weighted by Crippen LogP contribution is 2.15. The van der Waals surface area contributed by atoms with E-state index in [0.29, 0.717) is 19.1 Å². The van der Waals surface area contributed by atoms with Gasteiger partial charge >= 0.3 is 0 Å². The lowest BCUT2D eigenvalue weighted by Gasteiger charge is -2.26. The minimum Gasteiger partial charge on any atom is -0.390 e. The predicted molar refractivity (Wildman–Crippen MR) is 73.4 cm³/mol. The first kappa shape index (κ1) is 14.9. The maximum Gasteiger partial charge on any atom is 0.125 e. The van der Waals surface area contributed by atoms with Gasteiger partial charge in [-0.15, -0.1) is 0 Å². The number of halogens is 1. The Morgan fingerprint density at radius 2 is 2.11 bits per heavy atom. The summed E-state index contributed by atoms with van der Waals surface area (Å²) in [5, 5.41) is 13.1. The Morgan fingerprint density at radius 1 is 1.39 bits per heavy atom. The fourth-order valence-electron chi connectivity index (χ4n) is 1.78. The quantitative estimate of drug-likeness (QED) is 0.781. The van der Waals surface area contributed by atoms with Crippen molar-refractivity contribution in [3.63, 3.8) is 0 Å². The van der Waals surface area contributed by atoms with E-state index in [0.717, 1.165) is 12.2 Å². The van der Waals surface area contributed by atoms with Crippen LogP contribution < -0.4 is 10.2 Å². The molecule has 0 radical (unpaired) electrons. The number of nitrogens with one attached hydrogen (secondary N) is 1. The van der Waals surface area contributed by atoms with Crippen LogP contribution >= 0.6 is 0 Å². The Balaban J connectivity index is 2.56. The summed E-state index contributed by atoms with van der Waals surface area (Å²) in [6.07, 6.45) is -0.462. The third-order valence-electron chi connectivity index (χ3n) is 2.75. The number of anilines is 1. The van der Waals surface area contributed by atoms with Gasteiger partial charge in [0.05, 0.1) is 6.10 Å². The Hall–Kier alpha value is -1.13. The van der Waals surface area contributed by atoms with Gasteiger partial charge in [-0.05, 0) is 25.1 Å². The number of nitrogens with zero attached hydrogens (tertiary/aromatic N) is 1. The number of hydrogen-bond acceptors (Lipinski definition) is 3. The van der Waals surface area contributed by atoms with Gasteiger partial charge in [-0.2, -0.15) is 0 Å². The van der Waals surface area contributed by atoms with Crippen LogP contribution in [-0.4, -0.2) is 36.9 Å². The summed E-state index contributed by atoms with van der Waals surface area (Å²) in [6, 6.07) is 6.81. The van der Waals surface area contributed by atoms with Crippen LogP contribution in [0.1, 0.15) is 20.8 Å². The molecule has 102 valence electrons. The summed E-state index contributed by atoms with van der Waals surface area (Å²) in [4.78, 5) is 1.97. The third-order valence-corrected chi connectivity index (χ3v) is 2.75. The number of aliphatic hydroxyl groups excluding tert-OH is 1. The molecule has 0 saturated carbocycles. The molecule has 1 aromatic rings. The Morgan fingerprint density at radius 3 is 2.67 bits per heavy atom. The second-order valence-corrected chi connectivity index (χ2v) is 4.74. The van der Waals surface area contributed by atoms with Crippen molar-refractivity contribution in [3.8, 4) is 0 Å². The minimum atomic E-state index is -0.462. The lowest BCUT2D eigenvalue weighted by Crippen LogP contribution is -2.40. The molecule has 0 aromatic heterocycles. The summed E-state index contributed by atoms with van der Waals surface area (Å²) >= 11 is 0. The lowest BCUT2D eigenvalue weighted by molar-refractivity contribution is 0.174. The van der Waals surface area contributed by atoms with E-state index in [2.05, 4.69) is 5.32 Å². The highest BCUT2D eigenvalue weighted by Gasteiger charge is 2.11. The summed E-state index contributed by atoms with van der Waals surface area (Å²) in [7, 11) is 0. The molecule has 0 fully saturated rings. The van der Waals surface area contributed by atoms with Crippen molar-refractivity contribution in [1.82, 2.24) is 5.32 Å². The second-order valence-electron chi connectivity index (χ2n) is 4.74. The smallest absolute Gasteiger partial charge is 0.125 e. The van der Waals surface area contributed by atoms with E-state index in [1.54, 1.807) is 6.07 Å². The monoisotopic (exact) mass is 254 g/mol. The molecule has 0 aliphatic carbocycles. The Labute approximate surface area is 109 Å². The summed E-state index contributed by atoms with van der Waals surface area (Å²) < 4.78 is 13.2. The first-order valence-corrected chi connectivity index (χ1v) is 6.45. The van der Waals surface area contributed by atoms with Gasteiger partial charge in [-0.1, -0.05) is 19.9 Å². The number of hydrogen-bond donors (Lipinski definition) is 2. The zero-order chi connectivity index (χ0) is 13.5. The Kier molecular flexibility index (Phi) is 6.09. The van der Waals surface area contributed by atoms with Gasteiger partial charge in [0.25, 0.3) is 0 Å². The molecule has 0 aliphatic heterocycles. The van der Waals surface area contributed by atoms with E-state index < -0.39 is 6.10 Å². The first-order valence-electron chi connectivity index (χ1n) is 6.45. The van der Waals surface area contributed by atoms with Crippen molar-refractivity contribution in [2.24, 2.45) is 0 Å². The maximum absolute atomic E-state index is 13.2. The third kappa shape index (κ3) is 5.02. The molecule has 3 nitrogen and oxygen atoms in total. The van der Waals surface area contributed by atoms with Gasteiger partial charge in [0.15, 0.2) is 0 Å². The maximum atomic E-state index is 13.2. The van der Waals surface area contributed by atoms with Gasteiger partial charge in [0.2, 0.25) is 0 Å². The molecule has 0 heterocycles. The van der Waals surface area contributed by atoms with Gasteiger partial charge in [0.1, 0.15) is 5.82 Å². The van der Waals surface area contributed by atoms with Crippen LogP contribution in [0.2, 0.25) is 0 Å². The standard InChI is InChI=1S/C14H23FN2O/c1-4-17(10-14(18)9-16-11(2)3)13-7-5-6-12(15)8-13/h5-8,11,14,16,18H,4,9-10H2,1-3H3. The van der Waals surface area contributed by atoms with Crippen LogP contribution in [0.5, 0.6) is 0 Å². The first-order chi connectivity index (χ1) is 8.52. The predicted octanol–water partition coefficient (Wildman–Crippen LogP) is 2.01. The molecule has 1 atom stereocenters. The molecule has 0 amide bonds. The SMILES string of the molecule is CCN(CC(O)CNC(C)C)c1cccc(F)c1. The second kappa shape index (κ2) is 7.34. The molecule has 0 bridgehead atoms. The minimum absolute atomic E-state index is 0.249. The normalized spacial score (nSPS) is 12.8. The average Bonchev–Trinajstić information content (AvgIpc) is 2.33. The van der Waals surface area contributed by atoms with E-state index in [1.165, 1.54) is 12.1 Å². The molecule has 4 heteroatoms. The molecule has 1 rings (SSSR count). The summed E-state index contributed by atoms with van der Waals surface area (Å²) in [5.74, 6) is -0.249. The number of aliphatic hydroxyl groups is 1. The fourth-order valence-corrected chi connectivity index (χ4v) is 1.78. The van der Waals surface area contributed by atoms with Gasteiger partial charge < -0.3 is 15.3 Å².